The zero-order valence-electron chi connectivity index (χ0n) is 11.2. The first-order valence-corrected chi connectivity index (χ1v) is 6.69. The standard InChI is InChI=1S/C15H24N2/c1-4-15(3)12-17(11-10-16-15)13(2)14-8-6-5-7-9-14/h5-9,13,16H,4,10-12H2,1-3H3. The summed E-state index contributed by atoms with van der Waals surface area (Å²) in [5.74, 6) is 0. The van der Waals surface area contributed by atoms with Crippen molar-refractivity contribution < 1.29 is 0 Å². The molecule has 1 saturated heterocycles. The van der Waals surface area contributed by atoms with Gasteiger partial charge in [-0.2, -0.15) is 0 Å². The minimum absolute atomic E-state index is 0.279. The number of hydrogen-bond acceptors (Lipinski definition) is 2. The summed E-state index contributed by atoms with van der Waals surface area (Å²) in [7, 11) is 0. The zero-order chi connectivity index (χ0) is 12.3. The summed E-state index contributed by atoms with van der Waals surface area (Å²) in [5, 5.41) is 3.64. The van der Waals surface area contributed by atoms with Gasteiger partial charge in [0.05, 0.1) is 0 Å². The SMILES string of the molecule is CCC1(C)CN(C(C)c2ccccc2)CCN1. The smallest absolute Gasteiger partial charge is 0.0321 e. The molecule has 17 heavy (non-hydrogen) atoms. The van der Waals surface area contributed by atoms with Crippen LogP contribution in [-0.4, -0.2) is 30.1 Å². The molecule has 2 rings (SSSR count). The van der Waals surface area contributed by atoms with E-state index in [2.05, 4.69) is 61.3 Å². The first-order chi connectivity index (χ1) is 8.14. The van der Waals surface area contributed by atoms with Gasteiger partial charge in [0, 0.05) is 31.2 Å². The quantitative estimate of drug-likeness (QED) is 0.862. The predicted octanol–water partition coefficient (Wildman–Crippen LogP) is 2.82. The van der Waals surface area contributed by atoms with Crippen LogP contribution in [0.3, 0.4) is 0 Å². The molecule has 2 unspecified atom stereocenters. The van der Waals surface area contributed by atoms with Crippen molar-refractivity contribution in [1.29, 1.82) is 0 Å². The second-order valence-corrected chi connectivity index (χ2v) is 5.40. The molecule has 94 valence electrons. The number of benzene rings is 1. The van der Waals surface area contributed by atoms with Gasteiger partial charge in [0.25, 0.3) is 0 Å². The third kappa shape index (κ3) is 2.88. The van der Waals surface area contributed by atoms with Crippen molar-refractivity contribution in [3.63, 3.8) is 0 Å². The molecule has 0 amide bonds. The number of hydrogen-bond donors (Lipinski definition) is 1. The highest BCUT2D eigenvalue weighted by molar-refractivity contribution is 5.18. The van der Waals surface area contributed by atoms with Crippen molar-refractivity contribution >= 4 is 0 Å². The molecule has 1 aromatic carbocycles. The Labute approximate surface area is 105 Å². The maximum absolute atomic E-state index is 3.64. The molecular formula is C15H24N2. The van der Waals surface area contributed by atoms with Crippen LogP contribution in [0.1, 0.15) is 38.8 Å². The first kappa shape index (κ1) is 12.6. The van der Waals surface area contributed by atoms with Crippen LogP contribution in [0, 0.1) is 0 Å². The van der Waals surface area contributed by atoms with E-state index in [0.29, 0.717) is 6.04 Å². The largest absolute Gasteiger partial charge is 0.309 e. The fraction of sp³-hybridized carbons (Fsp3) is 0.600. The zero-order valence-corrected chi connectivity index (χ0v) is 11.2. The van der Waals surface area contributed by atoms with Crippen LogP contribution < -0.4 is 5.32 Å². The van der Waals surface area contributed by atoms with Crippen molar-refractivity contribution in [2.75, 3.05) is 19.6 Å². The molecule has 2 atom stereocenters. The Hall–Kier alpha value is -0.860. The van der Waals surface area contributed by atoms with Crippen molar-refractivity contribution in [3.8, 4) is 0 Å². The minimum Gasteiger partial charge on any atom is -0.309 e. The van der Waals surface area contributed by atoms with Crippen LogP contribution in [0.15, 0.2) is 30.3 Å². The van der Waals surface area contributed by atoms with Gasteiger partial charge in [0.1, 0.15) is 0 Å². The van der Waals surface area contributed by atoms with Crippen molar-refractivity contribution in [2.45, 2.75) is 38.8 Å². The van der Waals surface area contributed by atoms with Crippen LogP contribution in [0.5, 0.6) is 0 Å². The highest BCUT2D eigenvalue weighted by atomic mass is 15.2. The van der Waals surface area contributed by atoms with E-state index in [1.165, 1.54) is 12.0 Å². The van der Waals surface area contributed by atoms with Gasteiger partial charge in [0.2, 0.25) is 0 Å². The van der Waals surface area contributed by atoms with Crippen LogP contribution in [0.2, 0.25) is 0 Å². The molecule has 0 spiro atoms. The summed E-state index contributed by atoms with van der Waals surface area (Å²) in [6, 6.07) is 11.3. The molecule has 0 radical (unpaired) electrons. The Bertz CT molecular complexity index is 349. The van der Waals surface area contributed by atoms with Crippen molar-refractivity contribution in [3.05, 3.63) is 35.9 Å². The number of rotatable bonds is 3. The molecule has 1 N–H and O–H groups in total. The maximum atomic E-state index is 3.64. The molecule has 0 saturated carbocycles. The number of nitrogens with one attached hydrogen (secondary N) is 1. The lowest BCUT2D eigenvalue weighted by molar-refractivity contribution is 0.105. The van der Waals surface area contributed by atoms with Crippen LogP contribution >= 0.6 is 0 Å². The van der Waals surface area contributed by atoms with Gasteiger partial charge in [-0.3, -0.25) is 4.90 Å². The number of nitrogens with zero attached hydrogens (tertiary/aromatic N) is 1. The van der Waals surface area contributed by atoms with Gasteiger partial charge >= 0.3 is 0 Å². The minimum atomic E-state index is 0.279. The molecular weight excluding hydrogens is 208 g/mol. The van der Waals surface area contributed by atoms with E-state index in [-0.39, 0.29) is 5.54 Å². The monoisotopic (exact) mass is 232 g/mol. The summed E-state index contributed by atoms with van der Waals surface area (Å²) < 4.78 is 0. The van der Waals surface area contributed by atoms with Gasteiger partial charge in [-0.05, 0) is 25.8 Å². The highest BCUT2D eigenvalue weighted by Crippen LogP contribution is 2.25. The van der Waals surface area contributed by atoms with E-state index in [0.717, 1.165) is 19.6 Å². The number of piperazine rings is 1. The third-order valence-corrected chi connectivity index (χ3v) is 4.11. The van der Waals surface area contributed by atoms with Crippen molar-refractivity contribution in [2.24, 2.45) is 0 Å². The molecule has 2 nitrogen and oxygen atoms in total. The lowest BCUT2D eigenvalue weighted by atomic mass is 9.94. The summed E-state index contributed by atoms with van der Waals surface area (Å²) in [6.07, 6.45) is 1.19. The maximum Gasteiger partial charge on any atom is 0.0321 e. The molecule has 1 heterocycles. The Morgan fingerprint density at radius 1 is 1.35 bits per heavy atom. The molecule has 1 fully saturated rings. The normalized spacial score (nSPS) is 27.9. The van der Waals surface area contributed by atoms with Gasteiger partial charge in [0.15, 0.2) is 0 Å². The van der Waals surface area contributed by atoms with E-state index in [1.54, 1.807) is 0 Å². The molecule has 0 bridgehead atoms. The summed E-state index contributed by atoms with van der Waals surface area (Å²) in [6.45, 7) is 10.3. The second-order valence-electron chi connectivity index (χ2n) is 5.40. The average Bonchev–Trinajstić information content (AvgIpc) is 2.39. The van der Waals surface area contributed by atoms with Crippen LogP contribution in [0.25, 0.3) is 0 Å². The fourth-order valence-electron chi connectivity index (χ4n) is 2.59. The molecule has 1 aliphatic rings. The fourth-order valence-corrected chi connectivity index (χ4v) is 2.59. The third-order valence-electron chi connectivity index (χ3n) is 4.11. The second kappa shape index (κ2) is 5.19. The molecule has 1 aliphatic heterocycles. The molecule has 0 aliphatic carbocycles. The van der Waals surface area contributed by atoms with Crippen LogP contribution in [0.4, 0.5) is 0 Å². The highest BCUT2D eigenvalue weighted by Gasteiger charge is 2.31. The topological polar surface area (TPSA) is 15.3 Å². The molecule has 1 aromatic rings. The molecule has 0 aromatic heterocycles. The Kier molecular flexibility index (Phi) is 3.85. The summed E-state index contributed by atoms with van der Waals surface area (Å²) >= 11 is 0. The average molecular weight is 232 g/mol. The van der Waals surface area contributed by atoms with E-state index in [4.69, 9.17) is 0 Å². The molecule has 2 heteroatoms. The van der Waals surface area contributed by atoms with Crippen LogP contribution in [-0.2, 0) is 0 Å². The Morgan fingerprint density at radius 3 is 2.71 bits per heavy atom. The summed E-state index contributed by atoms with van der Waals surface area (Å²) in [5.41, 5.74) is 1.70. The van der Waals surface area contributed by atoms with Gasteiger partial charge in [-0.25, -0.2) is 0 Å². The van der Waals surface area contributed by atoms with Gasteiger partial charge < -0.3 is 5.32 Å². The Morgan fingerprint density at radius 2 is 2.06 bits per heavy atom. The van der Waals surface area contributed by atoms with E-state index < -0.39 is 0 Å². The first-order valence-electron chi connectivity index (χ1n) is 6.69. The Balaban J connectivity index is 2.07. The summed E-state index contributed by atoms with van der Waals surface area (Å²) in [4.78, 5) is 2.59. The van der Waals surface area contributed by atoms with Crippen molar-refractivity contribution in [1.82, 2.24) is 10.2 Å². The lowest BCUT2D eigenvalue weighted by Crippen LogP contribution is -2.58. The van der Waals surface area contributed by atoms with E-state index >= 15 is 0 Å². The van der Waals surface area contributed by atoms with E-state index in [1.807, 2.05) is 0 Å². The van der Waals surface area contributed by atoms with Gasteiger partial charge in [-0.15, -0.1) is 0 Å². The predicted molar refractivity (Wildman–Crippen MR) is 73.1 cm³/mol. The van der Waals surface area contributed by atoms with Gasteiger partial charge in [-0.1, -0.05) is 37.3 Å². The van der Waals surface area contributed by atoms with E-state index in [9.17, 15) is 0 Å². The lowest BCUT2D eigenvalue weighted by Gasteiger charge is -2.43.